The van der Waals surface area contributed by atoms with Gasteiger partial charge in [-0.05, 0) is 33.0 Å². The Kier molecular flexibility index (Phi) is 3.67. The highest BCUT2D eigenvalue weighted by Crippen LogP contribution is 2.14. The third-order valence-corrected chi connectivity index (χ3v) is 3.71. The first kappa shape index (κ1) is 14.3. The molecule has 0 unspecified atom stereocenters. The molecule has 2 aromatic rings. The van der Waals surface area contributed by atoms with Crippen LogP contribution in [-0.4, -0.2) is 39.7 Å². The van der Waals surface area contributed by atoms with Gasteiger partial charge in [0.25, 0.3) is 0 Å². The minimum absolute atomic E-state index is 0.378. The minimum Gasteiger partial charge on any atom is -0.480 e. The molecule has 0 spiro atoms. The van der Waals surface area contributed by atoms with Crippen LogP contribution in [0.25, 0.3) is 11.1 Å². The molecule has 108 valence electrons. The number of oxazole rings is 1. The fraction of sp³-hybridized carbons (Fsp3) is 0.429. The SMILES string of the molecule is CN(CCn1c(=O)oc2ccccc21)C(C)(C)C(=O)O. The van der Waals surface area contributed by atoms with E-state index in [0.717, 1.165) is 5.52 Å². The number of fused-ring (bicyclic) bond motifs is 1. The first-order chi connectivity index (χ1) is 9.34. The van der Waals surface area contributed by atoms with Gasteiger partial charge in [-0.2, -0.15) is 0 Å². The van der Waals surface area contributed by atoms with Crippen molar-refractivity contribution in [3.8, 4) is 0 Å². The van der Waals surface area contributed by atoms with Gasteiger partial charge in [0.2, 0.25) is 0 Å². The van der Waals surface area contributed by atoms with Gasteiger partial charge in [-0.25, -0.2) is 4.79 Å². The van der Waals surface area contributed by atoms with Crippen LogP contribution < -0.4 is 5.76 Å². The van der Waals surface area contributed by atoms with E-state index in [1.165, 1.54) is 4.57 Å². The van der Waals surface area contributed by atoms with Crippen molar-refractivity contribution >= 4 is 17.1 Å². The van der Waals surface area contributed by atoms with E-state index >= 15 is 0 Å². The number of para-hydroxylation sites is 2. The Morgan fingerprint density at radius 3 is 2.70 bits per heavy atom. The van der Waals surface area contributed by atoms with Gasteiger partial charge < -0.3 is 9.52 Å². The topological polar surface area (TPSA) is 75.7 Å². The van der Waals surface area contributed by atoms with Crippen LogP contribution in [0.1, 0.15) is 13.8 Å². The van der Waals surface area contributed by atoms with E-state index in [4.69, 9.17) is 9.52 Å². The highest BCUT2D eigenvalue weighted by Gasteiger charge is 2.31. The molecule has 1 N–H and O–H groups in total. The smallest absolute Gasteiger partial charge is 0.419 e. The van der Waals surface area contributed by atoms with Crippen LogP contribution >= 0.6 is 0 Å². The Bertz CT molecular complexity index is 684. The molecule has 0 atom stereocenters. The molecular formula is C14H18N2O4. The molecule has 6 heteroatoms. The van der Waals surface area contributed by atoms with Gasteiger partial charge >= 0.3 is 11.7 Å². The third kappa shape index (κ3) is 2.46. The number of carbonyl (C=O) groups is 1. The maximum absolute atomic E-state index is 11.8. The zero-order valence-electron chi connectivity index (χ0n) is 11.8. The Balaban J connectivity index is 2.20. The van der Waals surface area contributed by atoms with Crippen molar-refractivity contribution in [3.63, 3.8) is 0 Å². The van der Waals surface area contributed by atoms with E-state index in [9.17, 15) is 9.59 Å². The van der Waals surface area contributed by atoms with Crippen LogP contribution in [0.2, 0.25) is 0 Å². The first-order valence-electron chi connectivity index (χ1n) is 6.37. The Morgan fingerprint density at radius 1 is 1.40 bits per heavy atom. The maximum Gasteiger partial charge on any atom is 0.419 e. The van der Waals surface area contributed by atoms with Crippen molar-refractivity contribution in [2.75, 3.05) is 13.6 Å². The van der Waals surface area contributed by atoms with Crippen LogP contribution in [0.15, 0.2) is 33.5 Å². The molecule has 6 nitrogen and oxygen atoms in total. The van der Waals surface area contributed by atoms with Crippen LogP contribution in [0, 0.1) is 0 Å². The summed E-state index contributed by atoms with van der Waals surface area (Å²) in [6.45, 7) is 4.07. The number of carboxylic acid groups (broad SMARTS) is 1. The zero-order valence-corrected chi connectivity index (χ0v) is 11.8. The number of nitrogens with zero attached hydrogens (tertiary/aromatic N) is 2. The van der Waals surface area contributed by atoms with Gasteiger partial charge in [0.1, 0.15) is 5.54 Å². The average Bonchev–Trinajstić information content (AvgIpc) is 2.71. The molecule has 2 rings (SSSR count). The summed E-state index contributed by atoms with van der Waals surface area (Å²) < 4.78 is 6.65. The number of hydrogen-bond acceptors (Lipinski definition) is 4. The molecule has 1 aromatic carbocycles. The highest BCUT2D eigenvalue weighted by molar-refractivity contribution is 5.77. The molecule has 1 aromatic heterocycles. The second-order valence-electron chi connectivity index (χ2n) is 5.27. The van der Waals surface area contributed by atoms with E-state index in [1.54, 1.807) is 37.9 Å². The summed E-state index contributed by atoms with van der Waals surface area (Å²) in [5.74, 6) is -1.32. The van der Waals surface area contributed by atoms with E-state index in [2.05, 4.69) is 0 Å². The normalized spacial score (nSPS) is 12.2. The van der Waals surface area contributed by atoms with Crippen molar-refractivity contribution in [1.82, 2.24) is 9.47 Å². The molecule has 0 aliphatic rings. The summed E-state index contributed by atoms with van der Waals surface area (Å²) in [6.07, 6.45) is 0. The fourth-order valence-corrected chi connectivity index (χ4v) is 1.92. The number of hydrogen-bond donors (Lipinski definition) is 1. The van der Waals surface area contributed by atoms with E-state index in [1.807, 2.05) is 12.1 Å². The lowest BCUT2D eigenvalue weighted by molar-refractivity contribution is -0.148. The van der Waals surface area contributed by atoms with Crippen LogP contribution in [0.5, 0.6) is 0 Å². The number of benzene rings is 1. The Labute approximate surface area is 116 Å². The van der Waals surface area contributed by atoms with Crippen molar-refractivity contribution in [2.24, 2.45) is 0 Å². The first-order valence-corrected chi connectivity index (χ1v) is 6.37. The molecule has 0 amide bonds. The summed E-state index contributed by atoms with van der Waals surface area (Å²) in [5.41, 5.74) is 0.278. The number of aliphatic carboxylic acids is 1. The molecule has 0 saturated carbocycles. The molecule has 20 heavy (non-hydrogen) atoms. The third-order valence-electron chi connectivity index (χ3n) is 3.71. The van der Waals surface area contributed by atoms with Gasteiger partial charge in [0.05, 0.1) is 5.52 Å². The molecule has 0 saturated heterocycles. The van der Waals surface area contributed by atoms with Crippen molar-refractivity contribution in [3.05, 3.63) is 34.8 Å². The van der Waals surface area contributed by atoms with Crippen LogP contribution in [0.4, 0.5) is 0 Å². The Morgan fingerprint density at radius 2 is 2.05 bits per heavy atom. The average molecular weight is 278 g/mol. The molecule has 0 bridgehead atoms. The van der Waals surface area contributed by atoms with E-state index < -0.39 is 17.3 Å². The zero-order chi connectivity index (χ0) is 14.9. The van der Waals surface area contributed by atoms with Crippen molar-refractivity contribution < 1.29 is 14.3 Å². The fourth-order valence-electron chi connectivity index (χ4n) is 1.92. The summed E-state index contributed by atoms with van der Waals surface area (Å²) in [5, 5.41) is 9.17. The summed E-state index contributed by atoms with van der Waals surface area (Å²) >= 11 is 0. The highest BCUT2D eigenvalue weighted by atomic mass is 16.4. The van der Waals surface area contributed by atoms with Crippen LogP contribution in [-0.2, 0) is 11.3 Å². The number of aromatic nitrogens is 1. The number of rotatable bonds is 5. The van der Waals surface area contributed by atoms with Gasteiger partial charge in [-0.15, -0.1) is 0 Å². The van der Waals surface area contributed by atoms with E-state index in [0.29, 0.717) is 18.7 Å². The molecule has 0 aliphatic carbocycles. The maximum atomic E-state index is 11.8. The van der Waals surface area contributed by atoms with Gasteiger partial charge in [-0.3, -0.25) is 14.3 Å². The van der Waals surface area contributed by atoms with Gasteiger partial charge in [-0.1, -0.05) is 12.1 Å². The number of carboxylic acids is 1. The number of likely N-dealkylation sites (N-methyl/N-ethyl adjacent to an activating group) is 1. The lowest BCUT2D eigenvalue weighted by Gasteiger charge is -2.31. The van der Waals surface area contributed by atoms with Crippen molar-refractivity contribution in [1.29, 1.82) is 0 Å². The molecule has 0 fully saturated rings. The predicted octanol–water partition coefficient (Wildman–Crippen LogP) is 1.39. The second-order valence-corrected chi connectivity index (χ2v) is 5.27. The largest absolute Gasteiger partial charge is 0.480 e. The lowest BCUT2D eigenvalue weighted by Crippen LogP contribution is -2.49. The lowest BCUT2D eigenvalue weighted by atomic mass is 10.0. The van der Waals surface area contributed by atoms with Crippen LogP contribution in [0.3, 0.4) is 0 Å². The van der Waals surface area contributed by atoms with E-state index in [-0.39, 0.29) is 0 Å². The van der Waals surface area contributed by atoms with Crippen molar-refractivity contribution in [2.45, 2.75) is 25.9 Å². The quantitative estimate of drug-likeness (QED) is 0.894. The predicted molar refractivity (Wildman–Crippen MR) is 74.8 cm³/mol. The molecule has 0 aliphatic heterocycles. The van der Waals surface area contributed by atoms with Gasteiger partial charge in [0.15, 0.2) is 5.58 Å². The molecular weight excluding hydrogens is 260 g/mol. The summed E-state index contributed by atoms with van der Waals surface area (Å²) in [7, 11) is 1.72. The monoisotopic (exact) mass is 278 g/mol. The standard InChI is InChI=1S/C14H18N2O4/c1-14(2,12(17)18)15(3)8-9-16-10-6-4-5-7-11(10)20-13(16)19/h4-7H,8-9H2,1-3H3,(H,17,18). The van der Waals surface area contributed by atoms with Gasteiger partial charge in [0, 0.05) is 13.1 Å². The summed E-state index contributed by atoms with van der Waals surface area (Å²) in [4.78, 5) is 24.7. The minimum atomic E-state index is -0.983. The molecule has 1 heterocycles. The second kappa shape index (κ2) is 5.13. The molecule has 0 radical (unpaired) electrons. The summed E-state index contributed by atoms with van der Waals surface area (Å²) in [6, 6.07) is 7.18. The Hall–Kier alpha value is -2.08.